The number of aliphatic hydroxyl groups excluding tert-OH is 7. The minimum atomic E-state index is -2.93. The van der Waals surface area contributed by atoms with Crippen LogP contribution in [0.2, 0.25) is 0 Å². The van der Waals surface area contributed by atoms with Gasteiger partial charge in [-0.25, -0.2) is 0 Å². The molecule has 1 aliphatic rings. The molecule has 0 aromatic heterocycles. The van der Waals surface area contributed by atoms with Gasteiger partial charge in [-0.2, -0.15) is 0 Å². The average Bonchev–Trinajstić information content (AvgIpc) is 2.52. The molecule has 0 aromatic carbocycles. The van der Waals surface area contributed by atoms with E-state index in [1.54, 1.807) is 0 Å². The molecule has 1 saturated heterocycles. The first kappa shape index (κ1) is 19.4. The highest BCUT2D eigenvalue weighted by atomic mass is 16.6. The Morgan fingerprint density at radius 1 is 1.14 bits per heavy atom. The van der Waals surface area contributed by atoms with Gasteiger partial charge in [0.15, 0.2) is 11.9 Å². The third-order valence-electron chi connectivity index (χ3n) is 3.94. The monoisotopic (exact) mass is 326 g/mol. The average molecular weight is 326 g/mol. The van der Waals surface area contributed by atoms with E-state index in [9.17, 15) is 40.5 Å². The summed E-state index contributed by atoms with van der Waals surface area (Å²) < 4.78 is 5.10. The lowest BCUT2D eigenvalue weighted by Crippen LogP contribution is -2.72. The first-order valence-electron chi connectivity index (χ1n) is 6.65. The Hall–Kier alpha value is -0.690. The Balaban J connectivity index is 3.24. The van der Waals surface area contributed by atoms with Gasteiger partial charge >= 0.3 is 0 Å². The lowest BCUT2D eigenvalue weighted by Gasteiger charge is -2.49. The topological polar surface area (TPSA) is 188 Å². The fourth-order valence-electron chi connectivity index (χ4n) is 2.46. The summed E-state index contributed by atoms with van der Waals surface area (Å²) in [5.41, 5.74) is -2.93. The third-order valence-corrected chi connectivity index (χ3v) is 3.94. The van der Waals surface area contributed by atoms with Gasteiger partial charge < -0.3 is 50.4 Å². The lowest BCUT2D eigenvalue weighted by atomic mass is 9.76. The quantitative estimate of drug-likeness (QED) is 0.219. The maximum absolute atomic E-state index is 10.8. The highest BCUT2D eigenvalue weighted by Crippen LogP contribution is 2.33. The number of carbonyl (C=O) groups is 1. The van der Waals surface area contributed by atoms with E-state index >= 15 is 0 Å². The van der Waals surface area contributed by atoms with Crippen LogP contribution in [0.1, 0.15) is 6.92 Å². The normalized spacial score (nSPS) is 39.6. The second kappa shape index (κ2) is 7.25. The van der Waals surface area contributed by atoms with E-state index in [1.165, 1.54) is 6.92 Å². The third kappa shape index (κ3) is 3.15. The first-order valence-corrected chi connectivity index (χ1v) is 6.65. The summed E-state index contributed by atoms with van der Waals surface area (Å²) in [6.07, 6.45) is -15.0. The van der Waals surface area contributed by atoms with E-state index in [0.29, 0.717) is 0 Å². The Bertz CT molecular complexity index is 379. The molecule has 130 valence electrons. The van der Waals surface area contributed by atoms with Crippen LogP contribution in [0, 0.1) is 0 Å². The van der Waals surface area contributed by atoms with Gasteiger partial charge in [0.2, 0.25) is 0 Å². The predicted molar refractivity (Wildman–Crippen MR) is 68.5 cm³/mol. The highest BCUT2D eigenvalue weighted by Gasteiger charge is 2.59. The molecule has 1 rings (SSSR count). The summed E-state index contributed by atoms with van der Waals surface area (Å²) in [5.74, 6) is 0. The molecule has 1 aliphatic heterocycles. The van der Waals surface area contributed by atoms with Crippen LogP contribution in [-0.4, -0.2) is 108 Å². The van der Waals surface area contributed by atoms with Crippen LogP contribution in [0.5, 0.6) is 0 Å². The maximum Gasteiger partial charge on any atom is 0.154 e. The summed E-state index contributed by atoms with van der Waals surface area (Å²) in [5, 5.41) is 77.7. The van der Waals surface area contributed by atoms with Gasteiger partial charge in [-0.15, -0.1) is 0 Å². The van der Waals surface area contributed by atoms with Crippen LogP contribution >= 0.6 is 0 Å². The predicted octanol–water partition coefficient (Wildman–Crippen LogP) is -5.14. The molecule has 0 saturated carbocycles. The largest absolute Gasteiger partial charge is 0.394 e. The Kier molecular flexibility index (Phi) is 6.38. The van der Waals surface area contributed by atoms with Crippen molar-refractivity contribution in [2.24, 2.45) is 0 Å². The van der Waals surface area contributed by atoms with Crippen molar-refractivity contribution < 1.29 is 50.4 Å². The van der Waals surface area contributed by atoms with Crippen LogP contribution in [-0.2, 0) is 9.53 Å². The van der Waals surface area contributed by atoms with E-state index in [2.05, 4.69) is 0 Å². The molecule has 8 N–H and O–H groups in total. The van der Waals surface area contributed by atoms with Gasteiger partial charge in [0.25, 0.3) is 0 Å². The lowest BCUT2D eigenvalue weighted by molar-refractivity contribution is -0.300. The number of aldehydes is 1. The number of ether oxygens (including phenoxy) is 1. The van der Waals surface area contributed by atoms with Gasteiger partial charge in [-0.1, -0.05) is 0 Å². The Morgan fingerprint density at radius 3 is 2.14 bits per heavy atom. The molecule has 10 heteroatoms. The summed E-state index contributed by atoms with van der Waals surface area (Å²) >= 11 is 0. The number of aliphatic hydroxyl groups is 8. The number of hydrogen-bond acceptors (Lipinski definition) is 10. The van der Waals surface area contributed by atoms with Crippen molar-refractivity contribution in [2.75, 3.05) is 6.61 Å². The SMILES string of the molecule is C[C@@H]1OC([C@@](O)([C@H](O)C=O)[C@H](O)[C@H](O)CO)[C@@H](O)[C@H](O)[C@@H]1O. The van der Waals surface area contributed by atoms with Gasteiger partial charge in [-0.3, -0.25) is 0 Å². The van der Waals surface area contributed by atoms with Crippen molar-refractivity contribution in [2.45, 2.75) is 61.4 Å². The van der Waals surface area contributed by atoms with Crippen LogP contribution < -0.4 is 0 Å². The summed E-state index contributed by atoms with van der Waals surface area (Å²) in [4.78, 5) is 10.8. The fourth-order valence-corrected chi connectivity index (χ4v) is 2.46. The Morgan fingerprint density at radius 2 is 1.68 bits per heavy atom. The van der Waals surface area contributed by atoms with Crippen molar-refractivity contribution in [3.8, 4) is 0 Å². The summed E-state index contributed by atoms with van der Waals surface area (Å²) in [6.45, 7) is 0.272. The second-order valence-corrected chi connectivity index (χ2v) is 5.40. The fraction of sp³-hybridized carbons (Fsp3) is 0.917. The highest BCUT2D eigenvalue weighted by molar-refractivity contribution is 5.59. The molecule has 10 nitrogen and oxygen atoms in total. The minimum Gasteiger partial charge on any atom is -0.394 e. The molecule has 0 aliphatic carbocycles. The first-order chi connectivity index (χ1) is 10.1. The van der Waals surface area contributed by atoms with Crippen LogP contribution in [0.4, 0.5) is 0 Å². The molecule has 0 aromatic rings. The zero-order valence-electron chi connectivity index (χ0n) is 11.8. The molecular weight excluding hydrogens is 304 g/mol. The van der Waals surface area contributed by atoms with E-state index in [1.807, 2.05) is 0 Å². The number of rotatable bonds is 6. The summed E-state index contributed by atoms with van der Waals surface area (Å²) in [7, 11) is 0. The number of hydrogen-bond donors (Lipinski definition) is 8. The minimum absolute atomic E-state index is 0.161. The molecule has 0 radical (unpaired) electrons. The van der Waals surface area contributed by atoms with Gasteiger partial charge in [0.05, 0.1) is 12.7 Å². The van der Waals surface area contributed by atoms with E-state index < -0.39 is 61.0 Å². The van der Waals surface area contributed by atoms with Crippen LogP contribution in [0.25, 0.3) is 0 Å². The molecule has 0 bridgehead atoms. The maximum atomic E-state index is 10.8. The molecule has 0 amide bonds. The molecule has 1 heterocycles. The van der Waals surface area contributed by atoms with Crippen molar-refractivity contribution in [3.05, 3.63) is 0 Å². The smallest absolute Gasteiger partial charge is 0.154 e. The standard InChI is InChI=1S/C12H22O10/c1-4-7(17)8(18)9(19)11(22-4)12(21,6(16)3-14)10(20)5(15)2-13/h3-11,13,15-21H,2H2,1H3/t4-,5+,6+,7+,8+,9-,10+,11?,12+/m0/s1. The molecule has 0 spiro atoms. The number of carbonyl (C=O) groups excluding carboxylic acids is 1. The summed E-state index contributed by atoms with van der Waals surface area (Å²) in [6, 6.07) is 0. The van der Waals surface area contributed by atoms with Crippen molar-refractivity contribution in [3.63, 3.8) is 0 Å². The van der Waals surface area contributed by atoms with Gasteiger partial charge in [0, 0.05) is 0 Å². The van der Waals surface area contributed by atoms with Crippen molar-refractivity contribution in [1.29, 1.82) is 0 Å². The Labute approximate surface area is 125 Å². The second-order valence-electron chi connectivity index (χ2n) is 5.40. The van der Waals surface area contributed by atoms with Crippen molar-refractivity contribution >= 4 is 6.29 Å². The van der Waals surface area contributed by atoms with Gasteiger partial charge in [0.1, 0.15) is 42.7 Å². The molecule has 1 fully saturated rings. The molecule has 1 unspecified atom stereocenters. The zero-order valence-corrected chi connectivity index (χ0v) is 11.8. The molecule has 9 atom stereocenters. The van der Waals surface area contributed by atoms with E-state index in [4.69, 9.17) is 9.84 Å². The molecule has 22 heavy (non-hydrogen) atoms. The van der Waals surface area contributed by atoms with E-state index in [0.717, 1.165) is 0 Å². The van der Waals surface area contributed by atoms with Gasteiger partial charge in [-0.05, 0) is 6.92 Å². The van der Waals surface area contributed by atoms with Crippen molar-refractivity contribution in [1.82, 2.24) is 0 Å². The molecular formula is C12H22O10. The van der Waals surface area contributed by atoms with Crippen LogP contribution in [0.3, 0.4) is 0 Å². The zero-order chi connectivity index (χ0) is 17.2. The van der Waals surface area contributed by atoms with E-state index in [-0.39, 0.29) is 6.29 Å². The van der Waals surface area contributed by atoms with Crippen LogP contribution in [0.15, 0.2) is 0 Å².